The van der Waals surface area contributed by atoms with Gasteiger partial charge in [-0.1, -0.05) is 24.3 Å². The Labute approximate surface area is 208 Å². The molecule has 0 aliphatic carbocycles. The van der Waals surface area contributed by atoms with Crippen molar-refractivity contribution in [3.8, 4) is 11.5 Å². The minimum atomic E-state index is -1.32. The monoisotopic (exact) mass is 482 g/mol. The summed E-state index contributed by atoms with van der Waals surface area (Å²) in [5.41, 5.74) is 0.889. The van der Waals surface area contributed by atoms with E-state index >= 15 is 0 Å². The van der Waals surface area contributed by atoms with Gasteiger partial charge in [-0.25, -0.2) is 0 Å². The van der Waals surface area contributed by atoms with Crippen molar-refractivity contribution in [3.05, 3.63) is 59.7 Å². The van der Waals surface area contributed by atoms with Crippen molar-refractivity contribution in [1.82, 2.24) is 9.80 Å². The van der Waals surface area contributed by atoms with Crippen LogP contribution in [0.1, 0.15) is 43.2 Å². The molecule has 0 radical (unpaired) electrons. The molecule has 0 unspecified atom stereocenters. The molecular weight excluding hydrogens is 444 g/mol. The summed E-state index contributed by atoms with van der Waals surface area (Å²) in [7, 11) is 0. The van der Waals surface area contributed by atoms with Crippen molar-refractivity contribution in [2.75, 3.05) is 39.4 Å². The summed E-state index contributed by atoms with van der Waals surface area (Å²) in [6.07, 6.45) is 3.29. The molecule has 0 aromatic heterocycles. The van der Waals surface area contributed by atoms with E-state index in [1.807, 2.05) is 60.4 Å². The van der Waals surface area contributed by atoms with E-state index in [2.05, 4.69) is 4.90 Å². The zero-order valence-electron chi connectivity index (χ0n) is 20.7. The number of ether oxygens (including phenoxy) is 2. The second kappa shape index (κ2) is 11.9. The smallest absolute Gasteiger partial charge is 0.222 e. The van der Waals surface area contributed by atoms with E-state index in [9.17, 15) is 15.0 Å². The van der Waals surface area contributed by atoms with Gasteiger partial charge in [0, 0.05) is 39.1 Å². The molecule has 0 bridgehead atoms. The Morgan fingerprint density at radius 2 is 1.89 bits per heavy atom. The highest BCUT2D eigenvalue weighted by Crippen LogP contribution is 2.26. The van der Waals surface area contributed by atoms with Gasteiger partial charge in [0.05, 0.1) is 12.7 Å². The summed E-state index contributed by atoms with van der Waals surface area (Å²) < 4.78 is 11.7. The minimum Gasteiger partial charge on any atom is -0.494 e. The number of hydrogen-bond donors (Lipinski definition) is 2. The summed E-state index contributed by atoms with van der Waals surface area (Å²) in [5, 5.41) is 21.6. The highest BCUT2D eigenvalue weighted by atomic mass is 16.5. The van der Waals surface area contributed by atoms with Crippen molar-refractivity contribution in [3.63, 3.8) is 0 Å². The van der Waals surface area contributed by atoms with Gasteiger partial charge in [0.25, 0.3) is 0 Å². The fourth-order valence-electron chi connectivity index (χ4n) is 4.83. The molecule has 2 aliphatic heterocycles. The highest BCUT2D eigenvalue weighted by molar-refractivity contribution is 5.76. The number of aliphatic hydroxyl groups excluding tert-OH is 1. The highest BCUT2D eigenvalue weighted by Gasteiger charge is 2.42. The van der Waals surface area contributed by atoms with Gasteiger partial charge in [-0.05, 0) is 68.0 Å². The van der Waals surface area contributed by atoms with Crippen molar-refractivity contribution in [1.29, 1.82) is 0 Å². The molecule has 2 saturated heterocycles. The van der Waals surface area contributed by atoms with E-state index in [1.165, 1.54) is 0 Å². The Balaban J connectivity index is 1.22. The molecule has 2 aliphatic rings. The van der Waals surface area contributed by atoms with Gasteiger partial charge in [0.1, 0.15) is 23.7 Å². The SMILES string of the molecule is Cc1cccc(OC[C@@]2(O)CN(Cc3ccc(OCCCN4CCCCC4=O)cc3)CC[C@@H]2O)c1. The van der Waals surface area contributed by atoms with Crippen molar-refractivity contribution >= 4 is 5.91 Å². The van der Waals surface area contributed by atoms with Crippen LogP contribution in [-0.4, -0.2) is 77.0 Å². The number of aliphatic hydroxyl groups is 2. The number of nitrogens with zero attached hydrogens (tertiary/aromatic N) is 2. The fourth-order valence-corrected chi connectivity index (χ4v) is 4.83. The molecule has 2 atom stereocenters. The summed E-state index contributed by atoms with van der Waals surface area (Å²) >= 11 is 0. The third-order valence-electron chi connectivity index (χ3n) is 6.91. The standard InChI is InChI=1S/C28H38N2O5/c1-22-6-4-7-25(18-22)35-21-28(33)20-29(16-13-26(28)31)19-23-9-11-24(12-10-23)34-17-5-15-30-14-3-2-8-27(30)32/h4,6-7,9-12,18,26,31,33H,2-3,5,8,13-17,19-21H2,1H3/t26-,28-/m0/s1. The number of rotatable bonds is 10. The second-order valence-electron chi connectivity index (χ2n) is 9.91. The first-order valence-electron chi connectivity index (χ1n) is 12.7. The lowest BCUT2D eigenvalue weighted by molar-refractivity contribution is -0.140. The Hall–Kier alpha value is -2.61. The van der Waals surface area contributed by atoms with Crippen molar-refractivity contribution in [2.24, 2.45) is 0 Å². The van der Waals surface area contributed by atoms with Gasteiger partial charge in [-0.3, -0.25) is 9.69 Å². The molecule has 35 heavy (non-hydrogen) atoms. The van der Waals surface area contributed by atoms with Crippen molar-refractivity contribution < 1.29 is 24.5 Å². The van der Waals surface area contributed by atoms with Gasteiger partial charge >= 0.3 is 0 Å². The van der Waals surface area contributed by atoms with E-state index in [1.54, 1.807) is 0 Å². The normalized spacial score (nSPS) is 23.3. The molecule has 2 aromatic carbocycles. The van der Waals surface area contributed by atoms with Crippen LogP contribution in [0, 0.1) is 6.92 Å². The average molecular weight is 483 g/mol. The first-order valence-corrected chi connectivity index (χ1v) is 12.7. The van der Waals surface area contributed by atoms with Crippen LogP contribution < -0.4 is 9.47 Å². The second-order valence-corrected chi connectivity index (χ2v) is 9.91. The number of likely N-dealkylation sites (tertiary alicyclic amines) is 2. The summed E-state index contributed by atoms with van der Waals surface area (Å²) in [6, 6.07) is 15.7. The maximum Gasteiger partial charge on any atom is 0.222 e. The van der Waals surface area contributed by atoms with Gasteiger partial charge in [0.2, 0.25) is 5.91 Å². The molecular formula is C28H38N2O5. The summed E-state index contributed by atoms with van der Waals surface area (Å²) in [5.74, 6) is 1.77. The quantitative estimate of drug-likeness (QED) is 0.507. The molecule has 2 N–H and O–H groups in total. The minimum absolute atomic E-state index is 0.0456. The molecule has 4 rings (SSSR count). The zero-order valence-corrected chi connectivity index (χ0v) is 20.7. The van der Waals surface area contributed by atoms with E-state index < -0.39 is 11.7 Å². The lowest BCUT2D eigenvalue weighted by Crippen LogP contribution is -2.59. The molecule has 0 spiro atoms. The van der Waals surface area contributed by atoms with Gasteiger partial charge in [-0.15, -0.1) is 0 Å². The van der Waals surface area contributed by atoms with Gasteiger partial charge in [-0.2, -0.15) is 0 Å². The van der Waals surface area contributed by atoms with Crippen LogP contribution >= 0.6 is 0 Å². The van der Waals surface area contributed by atoms with E-state index in [-0.39, 0.29) is 12.5 Å². The lowest BCUT2D eigenvalue weighted by atomic mass is 9.90. The predicted octanol–water partition coefficient (Wildman–Crippen LogP) is 3.15. The fraction of sp³-hybridized carbons (Fsp3) is 0.536. The van der Waals surface area contributed by atoms with E-state index in [0.29, 0.717) is 44.8 Å². The summed E-state index contributed by atoms with van der Waals surface area (Å²) in [4.78, 5) is 16.0. The number of hydrogen-bond acceptors (Lipinski definition) is 6. The third kappa shape index (κ3) is 7.19. The Morgan fingerprint density at radius 1 is 1.06 bits per heavy atom. The van der Waals surface area contributed by atoms with Crippen LogP contribution in [0.15, 0.2) is 48.5 Å². The molecule has 2 heterocycles. The number of amides is 1. The molecule has 1 amide bonds. The van der Waals surface area contributed by atoms with Crippen molar-refractivity contribution in [2.45, 2.75) is 57.3 Å². The van der Waals surface area contributed by atoms with Crippen LogP contribution in [0.2, 0.25) is 0 Å². The van der Waals surface area contributed by atoms with Gasteiger partial charge < -0.3 is 24.6 Å². The number of carbonyl (C=O) groups is 1. The molecule has 0 saturated carbocycles. The van der Waals surface area contributed by atoms with Gasteiger partial charge in [0.15, 0.2) is 0 Å². The topological polar surface area (TPSA) is 82.5 Å². The van der Waals surface area contributed by atoms with Crippen LogP contribution in [-0.2, 0) is 11.3 Å². The number of β-amino-alcohol motifs (C(OH)–C–C–N with tert-alkyl or cyclic N) is 1. The lowest BCUT2D eigenvalue weighted by Gasteiger charge is -2.42. The first-order chi connectivity index (χ1) is 16.9. The van der Waals surface area contributed by atoms with Crippen LogP contribution in [0.25, 0.3) is 0 Å². The molecule has 7 heteroatoms. The Bertz CT molecular complexity index is 966. The Morgan fingerprint density at radius 3 is 2.66 bits per heavy atom. The maximum atomic E-state index is 11.9. The first kappa shape index (κ1) is 25.5. The van der Waals surface area contributed by atoms with E-state index in [0.717, 1.165) is 49.2 Å². The number of benzene rings is 2. The van der Waals surface area contributed by atoms with E-state index in [4.69, 9.17) is 9.47 Å². The molecule has 2 fully saturated rings. The largest absolute Gasteiger partial charge is 0.494 e. The predicted molar refractivity (Wildman–Crippen MR) is 135 cm³/mol. The maximum absolute atomic E-state index is 11.9. The van der Waals surface area contributed by atoms with Crippen LogP contribution in [0.3, 0.4) is 0 Å². The molecule has 190 valence electrons. The summed E-state index contributed by atoms with van der Waals surface area (Å²) in [6.45, 7) is 5.98. The van der Waals surface area contributed by atoms with Crippen LogP contribution in [0.4, 0.5) is 0 Å². The third-order valence-corrected chi connectivity index (χ3v) is 6.91. The number of piperidine rings is 2. The van der Waals surface area contributed by atoms with Crippen LogP contribution in [0.5, 0.6) is 11.5 Å². The molecule has 7 nitrogen and oxygen atoms in total. The molecule has 2 aromatic rings. The number of aryl methyl sites for hydroxylation is 1. The zero-order chi connectivity index (χ0) is 24.7. The average Bonchev–Trinajstić information content (AvgIpc) is 2.85. The number of carbonyl (C=O) groups excluding carboxylic acids is 1. The Kier molecular flexibility index (Phi) is 8.65.